The van der Waals surface area contributed by atoms with Gasteiger partial charge < -0.3 is 5.32 Å². The Balaban J connectivity index is 1.69. The van der Waals surface area contributed by atoms with Crippen LogP contribution in [0.4, 0.5) is 11.4 Å². The molecule has 144 valence electrons. The lowest BCUT2D eigenvalue weighted by Gasteiger charge is -2.15. The number of aryl methyl sites for hydroxylation is 1. The van der Waals surface area contributed by atoms with E-state index < -0.39 is 17.7 Å². The number of nitrogens with one attached hydrogen (secondary N) is 1. The molecule has 4 rings (SSSR count). The first-order valence-corrected chi connectivity index (χ1v) is 9.46. The Morgan fingerprint density at radius 2 is 1.83 bits per heavy atom. The number of hydrazone groups is 1. The second-order valence-electron chi connectivity index (χ2n) is 6.66. The van der Waals surface area contributed by atoms with Crippen LogP contribution in [0.15, 0.2) is 84.1 Å². The lowest BCUT2D eigenvalue weighted by molar-refractivity contribution is -0.127. The van der Waals surface area contributed by atoms with Gasteiger partial charge in [-0.3, -0.25) is 14.6 Å². The Bertz CT molecular complexity index is 1060. The maximum absolute atomic E-state index is 13.2. The Kier molecular flexibility index (Phi) is 5.16. The number of nitrogens with zero attached hydrogens (tertiary/aromatic N) is 3. The molecule has 1 N–H and O–H groups in total. The first kappa shape index (κ1) is 18.6. The average molecular weight is 384 g/mol. The van der Waals surface area contributed by atoms with Gasteiger partial charge in [-0.25, -0.2) is 0 Å². The second kappa shape index (κ2) is 8.06. The van der Waals surface area contributed by atoms with Crippen LogP contribution in [0.5, 0.6) is 0 Å². The van der Waals surface area contributed by atoms with Crippen molar-refractivity contribution in [1.82, 2.24) is 4.98 Å². The maximum atomic E-state index is 13.2. The summed E-state index contributed by atoms with van der Waals surface area (Å²) in [6.07, 6.45) is 2.47. The van der Waals surface area contributed by atoms with Crippen molar-refractivity contribution in [2.45, 2.75) is 13.3 Å². The quantitative estimate of drug-likeness (QED) is 0.683. The lowest BCUT2D eigenvalue weighted by Crippen LogP contribution is -2.37. The topological polar surface area (TPSA) is 74.7 Å². The minimum absolute atomic E-state index is 0.337. The van der Waals surface area contributed by atoms with E-state index in [9.17, 15) is 9.59 Å². The van der Waals surface area contributed by atoms with Gasteiger partial charge in [0.1, 0.15) is 5.71 Å². The van der Waals surface area contributed by atoms with E-state index in [1.54, 1.807) is 36.5 Å². The summed E-state index contributed by atoms with van der Waals surface area (Å²) in [5, 5.41) is 8.60. The van der Waals surface area contributed by atoms with Crippen LogP contribution in [-0.2, 0) is 16.0 Å². The monoisotopic (exact) mass is 384 g/mol. The highest BCUT2D eigenvalue weighted by Gasteiger charge is 2.43. The molecule has 0 fully saturated rings. The molecule has 0 saturated carbocycles. The molecule has 0 bridgehead atoms. The van der Waals surface area contributed by atoms with Crippen molar-refractivity contribution < 1.29 is 9.59 Å². The summed E-state index contributed by atoms with van der Waals surface area (Å²) in [4.78, 5) is 30.6. The van der Waals surface area contributed by atoms with Crippen LogP contribution in [0.3, 0.4) is 0 Å². The standard InChI is InChI=1S/C23H20N4O2/c1-2-16-9-8-10-17(15-16)25-22(28)20-21(19-13-6-7-14-24-19)26-27(23(20)29)18-11-4-3-5-12-18/h3-15,20H,2H2,1H3,(H,25,28). The zero-order valence-electron chi connectivity index (χ0n) is 15.9. The predicted molar refractivity (Wildman–Crippen MR) is 113 cm³/mol. The zero-order valence-corrected chi connectivity index (χ0v) is 15.9. The summed E-state index contributed by atoms with van der Waals surface area (Å²) in [6, 6.07) is 22.0. The highest BCUT2D eigenvalue weighted by Crippen LogP contribution is 2.27. The van der Waals surface area contributed by atoms with E-state index in [-0.39, 0.29) is 0 Å². The Hall–Kier alpha value is -3.80. The van der Waals surface area contributed by atoms with Crippen LogP contribution in [0.2, 0.25) is 0 Å². The first-order valence-electron chi connectivity index (χ1n) is 9.46. The van der Waals surface area contributed by atoms with Gasteiger partial charge >= 0.3 is 0 Å². The molecule has 1 aliphatic rings. The number of carbonyl (C=O) groups is 2. The van der Waals surface area contributed by atoms with Crippen molar-refractivity contribution in [2.24, 2.45) is 11.0 Å². The number of pyridine rings is 1. The van der Waals surface area contributed by atoms with E-state index >= 15 is 0 Å². The van der Waals surface area contributed by atoms with Gasteiger partial charge in [0.05, 0.1) is 11.4 Å². The summed E-state index contributed by atoms with van der Waals surface area (Å²) in [6.45, 7) is 2.05. The van der Waals surface area contributed by atoms with Crippen molar-refractivity contribution in [3.8, 4) is 0 Å². The third kappa shape index (κ3) is 3.78. The lowest BCUT2D eigenvalue weighted by atomic mass is 9.99. The molecule has 0 spiro atoms. The van der Waals surface area contributed by atoms with Crippen molar-refractivity contribution in [3.05, 3.63) is 90.3 Å². The van der Waals surface area contributed by atoms with E-state index in [4.69, 9.17) is 0 Å². The van der Waals surface area contributed by atoms with Gasteiger partial charge in [-0.2, -0.15) is 10.1 Å². The van der Waals surface area contributed by atoms with Crippen LogP contribution >= 0.6 is 0 Å². The molecule has 1 aromatic heterocycles. The minimum atomic E-state index is -1.07. The Morgan fingerprint density at radius 3 is 2.55 bits per heavy atom. The SMILES string of the molecule is CCc1cccc(NC(=O)C2C(=O)N(c3ccccc3)N=C2c2ccccn2)c1. The number of hydrogen-bond acceptors (Lipinski definition) is 4. The fourth-order valence-electron chi connectivity index (χ4n) is 3.24. The van der Waals surface area contributed by atoms with Gasteiger partial charge in [0, 0.05) is 11.9 Å². The molecule has 2 heterocycles. The predicted octanol–water partition coefficient (Wildman–Crippen LogP) is 3.65. The van der Waals surface area contributed by atoms with E-state index in [1.165, 1.54) is 5.01 Å². The van der Waals surface area contributed by atoms with Crippen LogP contribution in [0.25, 0.3) is 0 Å². The number of para-hydroxylation sites is 1. The number of rotatable bonds is 5. The van der Waals surface area contributed by atoms with Crippen molar-refractivity contribution in [3.63, 3.8) is 0 Å². The summed E-state index contributed by atoms with van der Waals surface area (Å²) in [7, 11) is 0. The molecule has 0 aliphatic carbocycles. The van der Waals surface area contributed by atoms with E-state index in [0.29, 0.717) is 22.8 Å². The Labute approximate surface area is 168 Å². The summed E-state index contributed by atoms with van der Waals surface area (Å²) in [5.41, 5.74) is 3.20. The molecule has 2 amide bonds. The molecule has 0 radical (unpaired) electrons. The maximum Gasteiger partial charge on any atom is 0.266 e. The number of anilines is 2. The van der Waals surface area contributed by atoms with E-state index in [1.807, 2.05) is 49.4 Å². The van der Waals surface area contributed by atoms with Gasteiger partial charge in [-0.1, -0.05) is 43.3 Å². The van der Waals surface area contributed by atoms with Gasteiger partial charge in [-0.15, -0.1) is 0 Å². The van der Waals surface area contributed by atoms with Gasteiger partial charge in [-0.05, 0) is 48.4 Å². The number of aromatic nitrogens is 1. The number of benzene rings is 2. The van der Waals surface area contributed by atoms with E-state index in [2.05, 4.69) is 15.4 Å². The molecule has 2 aromatic carbocycles. The zero-order chi connectivity index (χ0) is 20.2. The van der Waals surface area contributed by atoms with Crippen LogP contribution in [-0.4, -0.2) is 22.5 Å². The Morgan fingerprint density at radius 1 is 1.03 bits per heavy atom. The fraction of sp³-hybridized carbons (Fsp3) is 0.130. The van der Waals surface area contributed by atoms with Crippen LogP contribution in [0.1, 0.15) is 18.2 Å². The fourth-order valence-corrected chi connectivity index (χ4v) is 3.24. The summed E-state index contributed by atoms with van der Waals surface area (Å²) in [5.74, 6) is -1.90. The largest absolute Gasteiger partial charge is 0.325 e. The number of carbonyl (C=O) groups excluding carboxylic acids is 2. The smallest absolute Gasteiger partial charge is 0.266 e. The molecule has 1 aliphatic heterocycles. The summed E-state index contributed by atoms with van der Waals surface area (Å²) >= 11 is 0. The normalized spacial score (nSPS) is 15.9. The highest BCUT2D eigenvalue weighted by atomic mass is 16.2. The number of amides is 2. The molecule has 6 nitrogen and oxygen atoms in total. The molecule has 6 heteroatoms. The van der Waals surface area contributed by atoms with Crippen molar-refractivity contribution >= 4 is 28.9 Å². The third-order valence-corrected chi connectivity index (χ3v) is 4.73. The molecular formula is C23H20N4O2. The first-order chi connectivity index (χ1) is 14.2. The molecule has 1 unspecified atom stereocenters. The third-order valence-electron chi connectivity index (χ3n) is 4.73. The minimum Gasteiger partial charge on any atom is -0.325 e. The van der Waals surface area contributed by atoms with Gasteiger partial charge in [0.2, 0.25) is 5.91 Å². The number of hydrogen-bond donors (Lipinski definition) is 1. The van der Waals surface area contributed by atoms with Crippen molar-refractivity contribution in [2.75, 3.05) is 10.3 Å². The van der Waals surface area contributed by atoms with Gasteiger partial charge in [0.25, 0.3) is 5.91 Å². The molecule has 3 aromatic rings. The molecular weight excluding hydrogens is 364 g/mol. The average Bonchev–Trinajstić information content (AvgIpc) is 3.12. The molecule has 0 saturated heterocycles. The molecule has 1 atom stereocenters. The van der Waals surface area contributed by atoms with Gasteiger partial charge in [0.15, 0.2) is 5.92 Å². The van der Waals surface area contributed by atoms with E-state index in [0.717, 1.165) is 12.0 Å². The van der Waals surface area contributed by atoms with Crippen LogP contribution in [0, 0.1) is 5.92 Å². The highest BCUT2D eigenvalue weighted by molar-refractivity contribution is 6.32. The van der Waals surface area contributed by atoms with Crippen LogP contribution < -0.4 is 10.3 Å². The summed E-state index contributed by atoms with van der Waals surface area (Å²) < 4.78 is 0. The van der Waals surface area contributed by atoms with Crippen molar-refractivity contribution in [1.29, 1.82) is 0 Å². The molecule has 29 heavy (non-hydrogen) atoms. The second-order valence-corrected chi connectivity index (χ2v) is 6.66.